The number of nitrogen functional groups attached to an aromatic ring is 1. The maximum absolute atomic E-state index is 14.0. The highest BCUT2D eigenvalue weighted by Crippen LogP contribution is 2.60. The van der Waals surface area contributed by atoms with E-state index in [2.05, 4.69) is 27.8 Å². The Hall–Kier alpha value is -4.53. The monoisotopic (exact) mass is 550 g/mol. The molecule has 2 saturated carbocycles. The number of hydrogen-bond donors (Lipinski definition) is 3. The number of pyridine rings is 2. The Morgan fingerprint density at radius 1 is 1.05 bits per heavy atom. The van der Waals surface area contributed by atoms with Crippen molar-refractivity contribution in [2.24, 2.45) is 12.5 Å². The van der Waals surface area contributed by atoms with Crippen LogP contribution in [0.1, 0.15) is 31.2 Å². The minimum Gasteiger partial charge on any atom is -0.493 e. The number of amides is 2. The topological polar surface area (TPSA) is 115 Å². The number of benzene rings is 2. The first-order valence-corrected chi connectivity index (χ1v) is 14.1. The number of anilines is 2. The highest BCUT2D eigenvalue weighted by molar-refractivity contribution is 5.99. The molecule has 2 aromatic heterocycles. The molecule has 0 atom stereocenters. The van der Waals surface area contributed by atoms with E-state index < -0.39 is 0 Å². The summed E-state index contributed by atoms with van der Waals surface area (Å²) in [5, 5.41) is 8.95. The lowest BCUT2D eigenvalue weighted by Crippen LogP contribution is -2.58. The summed E-state index contributed by atoms with van der Waals surface area (Å²) in [7, 11) is 1.72. The summed E-state index contributed by atoms with van der Waals surface area (Å²) in [6.45, 7) is 1.66. The van der Waals surface area contributed by atoms with Gasteiger partial charge in [-0.25, -0.2) is 9.78 Å². The standard InChI is InChI=1S/C32H34N6O3/c1-37-15-11-23(16-27(37)39)41-21-30-17-31(18-30,19-35-26-9-5-8-25-24(26)10-14-34-28(25)33)38(20-30)29(40)36-32(12-13-32)22-6-3-2-4-7-22/h2-11,14-16,35H,12-13,17-21H2,1H3,(H2,33,34)(H,36,40). The Balaban J connectivity index is 1.13. The summed E-state index contributed by atoms with van der Waals surface area (Å²) in [6, 6.07) is 21.5. The first-order chi connectivity index (χ1) is 19.8. The van der Waals surface area contributed by atoms with Crippen molar-refractivity contribution in [3.05, 3.63) is 95.0 Å². The number of hydrogen-bond acceptors (Lipinski definition) is 6. The van der Waals surface area contributed by atoms with Crippen LogP contribution in [0.5, 0.6) is 5.75 Å². The van der Waals surface area contributed by atoms with E-state index in [1.165, 1.54) is 10.6 Å². The lowest BCUT2D eigenvalue weighted by atomic mass is 9.62. The number of aryl methyl sites for hydroxylation is 1. The summed E-state index contributed by atoms with van der Waals surface area (Å²) < 4.78 is 7.66. The van der Waals surface area contributed by atoms with Crippen molar-refractivity contribution in [1.29, 1.82) is 0 Å². The molecule has 2 aliphatic heterocycles. The first kappa shape index (κ1) is 25.4. The maximum Gasteiger partial charge on any atom is 0.318 e. The number of urea groups is 1. The van der Waals surface area contributed by atoms with Crippen molar-refractivity contribution >= 4 is 28.3 Å². The number of rotatable bonds is 8. The van der Waals surface area contributed by atoms with Crippen LogP contribution in [0.25, 0.3) is 10.8 Å². The van der Waals surface area contributed by atoms with Crippen molar-refractivity contribution in [2.45, 2.75) is 36.8 Å². The van der Waals surface area contributed by atoms with Gasteiger partial charge in [-0.2, -0.15) is 0 Å². The molecule has 8 rings (SSSR count). The van der Waals surface area contributed by atoms with Crippen LogP contribution in [0.3, 0.4) is 0 Å². The Kier molecular flexibility index (Phi) is 5.74. The fraction of sp³-hybridized carbons (Fsp3) is 0.344. The van der Waals surface area contributed by atoms with Crippen LogP contribution < -0.4 is 26.7 Å². The number of ether oxygens (including phenoxy) is 1. The molecule has 0 spiro atoms. The highest BCUT2D eigenvalue weighted by atomic mass is 16.5. The van der Waals surface area contributed by atoms with Gasteiger partial charge in [-0.05, 0) is 49.4 Å². The van der Waals surface area contributed by atoms with E-state index in [0.29, 0.717) is 31.3 Å². The van der Waals surface area contributed by atoms with E-state index >= 15 is 0 Å². The fourth-order valence-electron chi connectivity index (χ4n) is 6.95. The molecule has 4 heterocycles. The van der Waals surface area contributed by atoms with Gasteiger partial charge in [0.05, 0.1) is 17.7 Å². The molecule has 2 aromatic carbocycles. The van der Waals surface area contributed by atoms with E-state index in [1.807, 2.05) is 53.4 Å². The van der Waals surface area contributed by atoms with Gasteiger partial charge in [0.15, 0.2) is 0 Å². The Bertz CT molecular complexity index is 1690. The van der Waals surface area contributed by atoms with Gasteiger partial charge in [0.2, 0.25) is 0 Å². The molecule has 41 heavy (non-hydrogen) atoms. The number of aromatic nitrogens is 2. The summed E-state index contributed by atoms with van der Waals surface area (Å²) in [5.74, 6) is 1.06. The van der Waals surface area contributed by atoms with E-state index in [0.717, 1.165) is 47.7 Å². The third-order valence-corrected chi connectivity index (χ3v) is 9.21. The smallest absolute Gasteiger partial charge is 0.318 e. The molecule has 2 bridgehead atoms. The highest BCUT2D eigenvalue weighted by Gasteiger charge is 2.67. The van der Waals surface area contributed by atoms with Crippen LogP contribution in [-0.2, 0) is 12.6 Å². The SMILES string of the molecule is Cn1ccc(OCC23CN(C(=O)NC4(c5ccccc5)CC4)C(CNc4cccc5c(N)nccc45)(C2)C3)cc1=O. The summed E-state index contributed by atoms with van der Waals surface area (Å²) in [4.78, 5) is 32.3. The van der Waals surface area contributed by atoms with E-state index in [4.69, 9.17) is 10.5 Å². The number of nitrogens with zero attached hydrogens (tertiary/aromatic N) is 3. The van der Waals surface area contributed by atoms with Gasteiger partial charge in [0.1, 0.15) is 11.6 Å². The largest absolute Gasteiger partial charge is 0.493 e. The lowest BCUT2D eigenvalue weighted by Gasteiger charge is -2.47. The summed E-state index contributed by atoms with van der Waals surface area (Å²) in [6.07, 6.45) is 6.94. The van der Waals surface area contributed by atoms with Crippen LogP contribution >= 0.6 is 0 Å². The molecule has 2 amide bonds. The average Bonchev–Trinajstić information content (AvgIpc) is 3.57. The third-order valence-electron chi connectivity index (χ3n) is 9.21. The molecule has 4 fully saturated rings. The normalized spacial score (nSPS) is 23.6. The number of carbonyl (C=O) groups is 1. The van der Waals surface area contributed by atoms with E-state index in [-0.39, 0.29) is 28.1 Å². The van der Waals surface area contributed by atoms with Crippen molar-refractivity contribution in [2.75, 3.05) is 30.7 Å². The average molecular weight is 551 g/mol. The molecule has 4 N–H and O–H groups in total. The molecule has 4 aromatic rings. The van der Waals surface area contributed by atoms with Crippen LogP contribution in [-0.4, -0.2) is 45.7 Å². The Morgan fingerprint density at radius 3 is 2.61 bits per heavy atom. The second kappa shape index (κ2) is 9.26. The predicted octanol–water partition coefficient (Wildman–Crippen LogP) is 4.24. The van der Waals surface area contributed by atoms with Crippen molar-refractivity contribution in [3.8, 4) is 5.75 Å². The lowest BCUT2D eigenvalue weighted by molar-refractivity contribution is 0.0441. The zero-order valence-electron chi connectivity index (χ0n) is 23.1. The van der Waals surface area contributed by atoms with Gasteiger partial charge in [-0.3, -0.25) is 4.79 Å². The zero-order chi connectivity index (χ0) is 28.2. The molecular weight excluding hydrogens is 516 g/mol. The third kappa shape index (κ3) is 4.36. The molecule has 0 radical (unpaired) electrons. The summed E-state index contributed by atoms with van der Waals surface area (Å²) in [5.41, 5.74) is 7.32. The first-order valence-electron chi connectivity index (χ1n) is 14.1. The van der Waals surface area contributed by atoms with E-state index in [1.54, 1.807) is 19.4 Å². The van der Waals surface area contributed by atoms with Gasteiger partial charge in [0.25, 0.3) is 5.56 Å². The molecule has 2 saturated heterocycles. The number of nitrogens with one attached hydrogen (secondary N) is 2. The number of nitrogens with two attached hydrogens (primary N) is 1. The Labute approximate surface area is 238 Å². The van der Waals surface area contributed by atoms with Crippen LogP contribution in [0, 0.1) is 5.41 Å². The van der Waals surface area contributed by atoms with E-state index in [9.17, 15) is 9.59 Å². The molecule has 210 valence electrons. The second-order valence-corrected chi connectivity index (χ2v) is 12.1. The fourth-order valence-corrected chi connectivity index (χ4v) is 6.95. The van der Waals surface area contributed by atoms with Crippen molar-refractivity contribution in [3.63, 3.8) is 0 Å². The minimum atomic E-state index is -0.353. The van der Waals surface area contributed by atoms with Gasteiger partial charge >= 0.3 is 6.03 Å². The van der Waals surface area contributed by atoms with Gasteiger partial charge in [0, 0.05) is 60.5 Å². The number of fused-ring (bicyclic) bond motifs is 2. The van der Waals surface area contributed by atoms with Gasteiger partial charge < -0.3 is 30.6 Å². The molecule has 0 unspecified atom stereocenters. The van der Waals surface area contributed by atoms with Gasteiger partial charge in [-0.1, -0.05) is 42.5 Å². The van der Waals surface area contributed by atoms with Crippen LogP contribution in [0.15, 0.2) is 83.9 Å². The molecular formula is C32H34N6O3. The predicted molar refractivity (Wildman–Crippen MR) is 159 cm³/mol. The van der Waals surface area contributed by atoms with Crippen LogP contribution in [0.4, 0.5) is 16.3 Å². The number of carbonyl (C=O) groups excluding carboxylic acids is 1. The molecule has 4 aliphatic rings. The Morgan fingerprint density at radius 2 is 1.85 bits per heavy atom. The van der Waals surface area contributed by atoms with Gasteiger partial charge in [-0.15, -0.1) is 0 Å². The maximum atomic E-state index is 14.0. The minimum absolute atomic E-state index is 0.0347. The molecule has 9 heteroatoms. The quantitative estimate of drug-likeness (QED) is 0.302. The van der Waals surface area contributed by atoms with Crippen molar-refractivity contribution < 1.29 is 9.53 Å². The van der Waals surface area contributed by atoms with Crippen molar-refractivity contribution in [1.82, 2.24) is 19.8 Å². The molecule has 9 nitrogen and oxygen atoms in total. The zero-order valence-corrected chi connectivity index (χ0v) is 23.1. The second-order valence-electron chi connectivity index (χ2n) is 12.1. The van der Waals surface area contributed by atoms with Crippen LogP contribution in [0.2, 0.25) is 0 Å². The molecule has 2 aliphatic carbocycles. The summed E-state index contributed by atoms with van der Waals surface area (Å²) >= 11 is 0.